The third kappa shape index (κ3) is 2.42. The third-order valence-corrected chi connectivity index (χ3v) is 4.20. The summed E-state index contributed by atoms with van der Waals surface area (Å²) < 4.78 is 1.72. The van der Waals surface area contributed by atoms with E-state index in [1.54, 1.807) is 22.7 Å². The molecule has 0 aromatic carbocycles. The number of hydrogen-bond donors (Lipinski definition) is 2. The maximum Gasteiger partial charge on any atom is 0.250 e. The Morgan fingerprint density at radius 2 is 2.27 bits per heavy atom. The van der Waals surface area contributed by atoms with E-state index in [0.717, 1.165) is 5.69 Å². The van der Waals surface area contributed by atoms with Crippen molar-refractivity contribution in [1.82, 2.24) is 9.38 Å². The van der Waals surface area contributed by atoms with Gasteiger partial charge in [-0.05, 0) is 24.1 Å². The van der Waals surface area contributed by atoms with Gasteiger partial charge in [-0.2, -0.15) is 0 Å². The highest BCUT2D eigenvalue weighted by Crippen LogP contribution is 2.34. The fourth-order valence-electron chi connectivity index (χ4n) is 2.80. The molecular weight excluding hydrogens is 302 g/mol. The minimum Gasteiger partial charge on any atom is -0.390 e. The molecule has 0 saturated heterocycles. The van der Waals surface area contributed by atoms with Crippen molar-refractivity contribution < 1.29 is 9.90 Å². The van der Waals surface area contributed by atoms with Crippen LogP contribution in [0.2, 0.25) is 0 Å². The molecule has 114 valence electrons. The molecule has 0 aliphatic heterocycles. The van der Waals surface area contributed by atoms with Gasteiger partial charge in [0.05, 0.1) is 23.6 Å². The number of carbonyl (C=O) groups excluding carboxylic acids is 1. The van der Waals surface area contributed by atoms with Crippen LogP contribution in [0.4, 0.5) is 0 Å². The molecule has 1 amide bonds. The van der Waals surface area contributed by atoms with Gasteiger partial charge < -0.3 is 15.2 Å². The number of allylic oxidation sites excluding steroid dienone is 4. The number of aromatic nitrogens is 2. The van der Waals surface area contributed by atoms with Crippen LogP contribution in [0.1, 0.15) is 34.6 Å². The maximum atomic E-state index is 11.3. The van der Waals surface area contributed by atoms with Gasteiger partial charge in [-0.3, -0.25) is 4.79 Å². The minimum absolute atomic E-state index is 0.0292. The number of amides is 1. The average Bonchev–Trinajstić information content (AvgIpc) is 2.84. The van der Waals surface area contributed by atoms with E-state index in [-0.39, 0.29) is 18.4 Å². The molecule has 2 heterocycles. The SMILES string of the molecule is CC1C=C(Cl)C=CC1c1nc2ccc(C(N)=O)cn2c1CO. The van der Waals surface area contributed by atoms with Crippen molar-refractivity contribution in [1.29, 1.82) is 0 Å². The van der Waals surface area contributed by atoms with Crippen LogP contribution in [-0.4, -0.2) is 20.4 Å². The first-order chi connectivity index (χ1) is 10.5. The Kier molecular flexibility index (Phi) is 3.76. The molecule has 5 nitrogen and oxygen atoms in total. The van der Waals surface area contributed by atoms with E-state index >= 15 is 0 Å². The molecule has 22 heavy (non-hydrogen) atoms. The van der Waals surface area contributed by atoms with Crippen LogP contribution in [0.25, 0.3) is 5.65 Å². The van der Waals surface area contributed by atoms with E-state index < -0.39 is 5.91 Å². The summed E-state index contributed by atoms with van der Waals surface area (Å²) in [5, 5.41) is 10.5. The van der Waals surface area contributed by atoms with Crippen molar-refractivity contribution in [2.75, 3.05) is 0 Å². The number of rotatable bonds is 3. The summed E-state index contributed by atoms with van der Waals surface area (Å²) in [6.45, 7) is 1.88. The zero-order valence-corrected chi connectivity index (χ0v) is 12.8. The molecule has 2 aromatic rings. The fraction of sp³-hybridized carbons (Fsp3) is 0.250. The van der Waals surface area contributed by atoms with E-state index in [0.29, 0.717) is 21.9 Å². The number of aliphatic hydroxyl groups is 1. The van der Waals surface area contributed by atoms with Crippen LogP contribution in [0.5, 0.6) is 0 Å². The topological polar surface area (TPSA) is 80.6 Å². The van der Waals surface area contributed by atoms with E-state index in [1.807, 2.05) is 18.2 Å². The first kappa shape index (κ1) is 14.8. The van der Waals surface area contributed by atoms with Gasteiger partial charge in [-0.25, -0.2) is 4.98 Å². The zero-order valence-electron chi connectivity index (χ0n) is 12.0. The van der Waals surface area contributed by atoms with Gasteiger partial charge in [-0.15, -0.1) is 0 Å². The predicted molar refractivity (Wildman–Crippen MR) is 84.6 cm³/mol. The molecule has 1 aliphatic carbocycles. The lowest BCUT2D eigenvalue weighted by Crippen LogP contribution is -2.13. The highest BCUT2D eigenvalue weighted by molar-refractivity contribution is 6.31. The van der Waals surface area contributed by atoms with E-state index in [9.17, 15) is 9.90 Å². The standard InChI is InChI=1S/C16H16ClN3O2/c1-9-6-11(17)3-4-12(9)15-13(8-21)20-7-10(16(18)22)2-5-14(20)19-15/h2-7,9,12,21H,8H2,1H3,(H2,18,22). The Morgan fingerprint density at radius 1 is 1.50 bits per heavy atom. The number of primary amides is 1. The highest BCUT2D eigenvalue weighted by atomic mass is 35.5. The number of nitrogens with zero attached hydrogens (tertiary/aromatic N) is 2. The Hall–Kier alpha value is -2.11. The molecule has 6 heteroatoms. The first-order valence-electron chi connectivity index (χ1n) is 6.98. The maximum absolute atomic E-state index is 11.3. The van der Waals surface area contributed by atoms with Crippen molar-refractivity contribution in [2.24, 2.45) is 11.7 Å². The van der Waals surface area contributed by atoms with E-state index in [2.05, 4.69) is 11.9 Å². The van der Waals surface area contributed by atoms with Crippen molar-refractivity contribution in [2.45, 2.75) is 19.4 Å². The number of nitrogens with two attached hydrogens (primary N) is 1. The largest absolute Gasteiger partial charge is 0.390 e. The van der Waals surface area contributed by atoms with E-state index in [1.165, 1.54) is 0 Å². The number of aliphatic hydroxyl groups excluding tert-OH is 1. The Labute approximate surface area is 132 Å². The van der Waals surface area contributed by atoms with Crippen LogP contribution >= 0.6 is 11.6 Å². The van der Waals surface area contributed by atoms with Gasteiger partial charge in [0.2, 0.25) is 5.91 Å². The molecule has 0 fully saturated rings. The summed E-state index contributed by atoms with van der Waals surface area (Å²) in [6, 6.07) is 3.36. The Morgan fingerprint density at radius 3 is 2.91 bits per heavy atom. The summed E-state index contributed by atoms with van der Waals surface area (Å²) >= 11 is 6.02. The summed E-state index contributed by atoms with van der Waals surface area (Å²) in [6.07, 6.45) is 7.40. The van der Waals surface area contributed by atoms with Crippen molar-refractivity contribution >= 4 is 23.2 Å². The van der Waals surface area contributed by atoms with Gasteiger partial charge in [0, 0.05) is 17.1 Å². The lowest BCUT2D eigenvalue weighted by molar-refractivity contribution is 0.1000. The summed E-state index contributed by atoms with van der Waals surface area (Å²) in [5.74, 6) is -0.313. The molecule has 2 unspecified atom stereocenters. The smallest absolute Gasteiger partial charge is 0.250 e. The second-order valence-corrected chi connectivity index (χ2v) is 5.84. The molecule has 0 radical (unpaired) electrons. The van der Waals surface area contributed by atoms with Crippen LogP contribution in [0, 0.1) is 5.92 Å². The molecule has 3 rings (SSSR count). The lowest BCUT2D eigenvalue weighted by atomic mass is 9.86. The molecule has 2 atom stereocenters. The van der Waals surface area contributed by atoms with Crippen LogP contribution in [-0.2, 0) is 6.61 Å². The first-order valence-corrected chi connectivity index (χ1v) is 7.36. The highest BCUT2D eigenvalue weighted by Gasteiger charge is 2.25. The number of pyridine rings is 1. The molecular formula is C16H16ClN3O2. The molecule has 1 aliphatic rings. The van der Waals surface area contributed by atoms with Crippen molar-refractivity contribution in [3.8, 4) is 0 Å². The number of carbonyl (C=O) groups is 1. The number of fused-ring (bicyclic) bond motifs is 1. The van der Waals surface area contributed by atoms with Gasteiger partial charge in [0.1, 0.15) is 5.65 Å². The number of halogens is 1. The van der Waals surface area contributed by atoms with Gasteiger partial charge >= 0.3 is 0 Å². The number of hydrogen-bond acceptors (Lipinski definition) is 3. The quantitative estimate of drug-likeness (QED) is 0.911. The lowest BCUT2D eigenvalue weighted by Gasteiger charge is -2.20. The van der Waals surface area contributed by atoms with Crippen LogP contribution < -0.4 is 5.73 Å². The van der Waals surface area contributed by atoms with Gasteiger partial charge in [-0.1, -0.05) is 30.7 Å². The van der Waals surface area contributed by atoms with Gasteiger partial charge in [0.15, 0.2) is 0 Å². The second-order valence-electron chi connectivity index (χ2n) is 5.41. The van der Waals surface area contributed by atoms with Crippen molar-refractivity contribution in [3.05, 3.63) is 58.5 Å². The van der Waals surface area contributed by atoms with Crippen LogP contribution in [0.15, 0.2) is 41.6 Å². The molecule has 3 N–H and O–H groups in total. The molecule has 0 spiro atoms. The predicted octanol–water partition coefficient (Wildman–Crippen LogP) is 2.34. The monoisotopic (exact) mass is 317 g/mol. The normalized spacial score (nSPS) is 21.1. The molecule has 2 aromatic heterocycles. The second kappa shape index (κ2) is 5.59. The zero-order chi connectivity index (χ0) is 15.9. The minimum atomic E-state index is -0.512. The summed E-state index contributed by atoms with van der Waals surface area (Å²) in [5.41, 5.74) is 7.81. The van der Waals surface area contributed by atoms with E-state index in [4.69, 9.17) is 17.3 Å². The Balaban J connectivity index is 2.14. The Bertz CT molecular complexity index is 807. The fourth-order valence-corrected chi connectivity index (χ4v) is 3.07. The summed E-state index contributed by atoms with van der Waals surface area (Å²) in [4.78, 5) is 15.9. The summed E-state index contributed by atoms with van der Waals surface area (Å²) in [7, 11) is 0. The van der Waals surface area contributed by atoms with Gasteiger partial charge in [0.25, 0.3) is 0 Å². The average molecular weight is 318 g/mol. The number of imidazole rings is 1. The van der Waals surface area contributed by atoms with Crippen molar-refractivity contribution in [3.63, 3.8) is 0 Å². The molecule has 0 saturated carbocycles. The third-order valence-electron chi connectivity index (χ3n) is 3.95. The van der Waals surface area contributed by atoms with Crippen LogP contribution in [0.3, 0.4) is 0 Å². The molecule has 0 bridgehead atoms.